The van der Waals surface area contributed by atoms with Gasteiger partial charge in [0.15, 0.2) is 18.4 Å². The molecule has 1 aliphatic carbocycles. The average molecular weight is 861 g/mol. The lowest BCUT2D eigenvalue weighted by Gasteiger charge is -2.50. The molecule has 0 saturated carbocycles. The van der Waals surface area contributed by atoms with Gasteiger partial charge < -0.3 is 62.7 Å². The van der Waals surface area contributed by atoms with Crippen LogP contribution in [0.25, 0.3) is 0 Å². The maximum atomic E-state index is 14.3. The van der Waals surface area contributed by atoms with Crippen LogP contribution in [0.1, 0.15) is 100 Å². The van der Waals surface area contributed by atoms with Gasteiger partial charge in [0.1, 0.15) is 42.0 Å². The highest BCUT2D eigenvalue weighted by molar-refractivity contribution is 5.78. The summed E-state index contributed by atoms with van der Waals surface area (Å²) in [5, 5.41) is 34.2. The van der Waals surface area contributed by atoms with E-state index in [4.69, 9.17) is 47.4 Å². The number of hydrogen-bond acceptors (Lipinski definition) is 14. The molecule has 1 spiro atoms. The fourth-order valence-electron chi connectivity index (χ4n) is 10.8. The molecular weight excluding hydrogens is 789 g/mol. The predicted molar refractivity (Wildman–Crippen MR) is 223 cm³/mol. The molecule has 3 N–H and O–H groups in total. The minimum atomic E-state index is -1.82. The van der Waals surface area contributed by atoms with Crippen molar-refractivity contribution in [2.75, 3.05) is 20.8 Å². The maximum Gasteiger partial charge on any atom is 0.316 e. The second-order valence-corrected chi connectivity index (χ2v) is 19.2. The molecule has 344 valence electrons. The van der Waals surface area contributed by atoms with Crippen LogP contribution in [0.5, 0.6) is 0 Å². The molecule has 14 nitrogen and oxygen atoms in total. The van der Waals surface area contributed by atoms with Gasteiger partial charge in [0, 0.05) is 52.2 Å². The summed E-state index contributed by atoms with van der Waals surface area (Å²) < 4.78 is 63.7. The molecule has 0 amide bonds. The molecule has 7 aliphatic rings. The van der Waals surface area contributed by atoms with Crippen molar-refractivity contribution in [1.29, 1.82) is 0 Å². The summed E-state index contributed by atoms with van der Waals surface area (Å²) in [6.45, 7) is 16.2. The molecule has 14 heteroatoms. The first kappa shape index (κ1) is 46.9. The summed E-state index contributed by atoms with van der Waals surface area (Å²) in [4.78, 5) is 14.3. The first-order chi connectivity index (χ1) is 29.0. The van der Waals surface area contributed by atoms with Gasteiger partial charge in [-0.3, -0.25) is 4.79 Å². The van der Waals surface area contributed by atoms with Gasteiger partial charge in [0.25, 0.3) is 0 Å². The fourth-order valence-corrected chi connectivity index (χ4v) is 10.8. The van der Waals surface area contributed by atoms with Gasteiger partial charge in [-0.15, -0.1) is 0 Å². The summed E-state index contributed by atoms with van der Waals surface area (Å²) in [5.41, 5.74) is 0.184. The summed E-state index contributed by atoms with van der Waals surface area (Å²) in [6.07, 6.45) is 5.52. The summed E-state index contributed by atoms with van der Waals surface area (Å²) in [6, 6.07) is 0. The number of rotatable bonds is 7. The van der Waals surface area contributed by atoms with E-state index >= 15 is 0 Å². The number of allylic oxidation sites excluding steroid dienone is 2. The number of aliphatic hydroxyl groups is 3. The first-order valence-corrected chi connectivity index (χ1v) is 22.6. The number of carbonyl (C=O) groups excluding carboxylic acids is 1. The highest BCUT2D eigenvalue weighted by atomic mass is 16.7. The van der Waals surface area contributed by atoms with Crippen LogP contribution in [0.3, 0.4) is 0 Å². The van der Waals surface area contributed by atoms with Crippen molar-refractivity contribution in [3.05, 3.63) is 47.1 Å². The Labute approximate surface area is 361 Å². The monoisotopic (exact) mass is 860 g/mol. The van der Waals surface area contributed by atoms with Gasteiger partial charge in [-0.2, -0.15) is 0 Å². The Balaban J connectivity index is 1.17. The fraction of sp³-hybridized carbons (Fsp3) is 0.809. The van der Waals surface area contributed by atoms with E-state index in [-0.39, 0.29) is 36.8 Å². The summed E-state index contributed by atoms with van der Waals surface area (Å²) in [5.74, 6) is -2.15. The third-order valence-electron chi connectivity index (χ3n) is 14.4. The Hall–Kier alpha value is -2.05. The number of aliphatic hydroxyl groups excluding tert-OH is 2. The lowest BCUT2D eigenvalue weighted by atomic mass is 9.71. The zero-order valence-electron chi connectivity index (χ0n) is 37.8. The highest BCUT2D eigenvalue weighted by Crippen LogP contribution is 2.48. The molecule has 6 heterocycles. The van der Waals surface area contributed by atoms with Gasteiger partial charge in [-0.1, -0.05) is 58.1 Å². The molecule has 5 saturated heterocycles. The van der Waals surface area contributed by atoms with E-state index in [1.807, 2.05) is 19.1 Å². The van der Waals surface area contributed by atoms with Gasteiger partial charge in [0.05, 0.1) is 49.3 Å². The number of esters is 1. The number of ether oxygens (including phenoxy) is 10. The Bertz CT molecular complexity index is 1660. The van der Waals surface area contributed by atoms with Gasteiger partial charge in [-0.25, -0.2) is 0 Å². The lowest BCUT2D eigenvalue weighted by molar-refractivity contribution is -0.340. The van der Waals surface area contributed by atoms with E-state index in [9.17, 15) is 20.1 Å². The molecule has 0 aromatic rings. The van der Waals surface area contributed by atoms with E-state index in [1.165, 1.54) is 0 Å². The second kappa shape index (κ2) is 19.2. The van der Waals surface area contributed by atoms with Crippen LogP contribution in [-0.4, -0.2) is 139 Å². The van der Waals surface area contributed by atoms with Gasteiger partial charge in [0.2, 0.25) is 0 Å². The van der Waals surface area contributed by atoms with Crippen molar-refractivity contribution in [3.8, 4) is 0 Å². The molecular formula is C47H72O14. The molecule has 6 aliphatic heterocycles. The molecule has 0 aromatic carbocycles. The smallest absolute Gasteiger partial charge is 0.316 e. The van der Waals surface area contributed by atoms with E-state index in [1.54, 1.807) is 40.2 Å². The Morgan fingerprint density at radius 2 is 1.59 bits per heavy atom. The van der Waals surface area contributed by atoms with Crippen LogP contribution in [-0.2, 0) is 52.2 Å². The highest BCUT2D eigenvalue weighted by Gasteiger charge is 2.60. The number of fused-ring (bicyclic) bond motifs is 2. The maximum absolute atomic E-state index is 14.3. The molecule has 0 radical (unpaired) electrons. The Morgan fingerprint density at radius 3 is 2.31 bits per heavy atom. The largest absolute Gasteiger partial charge is 0.462 e. The van der Waals surface area contributed by atoms with Crippen molar-refractivity contribution in [2.45, 2.75) is 198 Å². The van der Waals surface area contributed by atoms with Gasteiger partial charge in [-0.05, 0) is 69.1 Å². The summed E-state index contributed by atoms with van der Waals surface area (Å²) >= 11 is 0. The average Bonchev–Trinajstić information content (AvgIpc) is 3.56. The van der Waals surface area contributed by atoms with Crippen LogP contribution in [0.4, 0.5) is 0 Å². The molecule has 19 atom stereocenters. The minimum Gasteiger partial charge on any atom is -0.462 e. The molecule has 2 unspecified atom stereocenters. The SMILES string of the molecule is CO[C@H]1C[C@H](OC2/C(C)=C/C[C@@H]3C[C@@H](C[C@]4(CC[C@H](C)[C@@H](C(C)C)O4)O3)OC(=O)[C@@H]3C=C(C)[C@@H](O)[C@H]4OC/C(=C\C=C\[C@@H]2C)[C@]43O)O[C@@H](C)C1O[C@H]1C[C@H](OC)[C@@H](O)[C@H](C)O1. The van der Waals surface area contributed by atoms with Crippen LogP contribution in [0.2, 0.25) is 0 Å². The van der Waals surface area contributed by atoms with E-state index in [0.717, 1.165) is 12.0 Å². The third-order valence-corrected chi connectivity index (χ3v) is 14.4. The number of carbonyl (C=O) groups is 1. The van der Waals surface area contributed by atoms with Crippen LogP contribution < -0.4 is 0 Å². The van der Waals surface area contributed by atoms with E-state index < -0.39 is 90.8 Å². The number of methoxy groups -OCH3 is 2. The lowest BCUT2D eigenvalue weighted by Crippen LogP contribution is -2.58. The van der Waals surface area contributed by atoms with Crippen LogP contribution in [0.15, 0.2) is 47.1 Å². The topological polar surface area (TPSA) is 170 Å². The standard InChI is InChI=1S/C47H72O14/c1-24(2)41-27(5)16-17-46(61-41)22-33-19-32(60-46)15-14-26(4)42(25(3)12-11-13-31-23-54-44-39(48)28(6)18-34(45(50)57-33)47(31,44)51)58-38-21-36(53-10)43(30(8)56-38)59-37-20-35(52-9)40(49)29(7)55-37/h11-14,18,24-25,27,29-30,32-44,48-49,51H,15-17,19-23H2,1-10H3/b12-11+,26-14+,31-13+/t25-,27-,29-,30-,32+,33-,34-,35-,36-,37-,38-,39+,40-,41+,42?,43?,44+,46+,47+/m0/s1. The third kappa shape index (κ3) is 9.67. The first-order valence-electron chi connectivity index (χ1n) is 22.6. The van der Waals surface area contributed by atoms with Gasteiger partial charge >= 0.3 is 5.97 Å². The van der Waals surface area contributed by atoms with E-state index in [0.29, 0.717) is 55.6 Å². The van der Waals surface area contributed by atoms with Crippen molar-refractivity contribution in [1.82, 2.24) is 0 Å². The quantitative estimate of drug-likeness (QED) is 0.225. The second-order valence-electron chi connectivity index (χ2n) is 19.2. The van der Waals surface area contributed by atoms with E-state index in [2.05, 4.69) is 40.7 Å². The Morgan fingerprint density at radius 1 is 0.885 bits per heavy atom. The predicted octanol–water partition coefficient (Wildman–Crippen LogP) is 5.21. The molecule has 61 heavy (non-hydrogen) atoms. The van der Waals surface area contributed by atoms with Crippen molar-refractivity contribution >= 4 is 5.97 Å². The van der Waals surface area contributed by atoms with Crippen molar-refractivity contribution < 1.29 is 67.5 Å². The van der Waals surface area contributed by atoms with Crippen molar-refractivity contribution in [2.24, 2.45) is 23.7 Å². The Kier molecular flexibility index (Phi) is 14.8. The zero-order chi connectivity index (χ0) is 44.0. The zero-order valence-corrected chi connectivity index (χ0v) is 37.8. The molecule has 2 bridgehead atoms. The van der Waals surface area contributed by atoms with Crippen LogP contribution >= 0.6 is 0 Å². The molecule has 7 rings (SSSR count). The molecule has 5 fully saturated rings. The van der Waals surface area contributed by atoms with Crippen molar-refractivity contribution in [3.63, 3.8) is 0 Å². The minimum absolute atomic E-state index is 0.0210. The number of hydrogen-bond donors (Lipinski definition) is 3. The molecule has 0 aromatic heterocycles. The summed E-state index contributed by atoms with van der Waals surface area (Å²) in [7, 11) is 3.22. The normalized spacial score (nSPS) is 49.6. The van der Waals surface area contributed by atoms with Crippen LogP contribution in [0, 0.1) is 23.7 Å².